The van der Waals surface area contributed by atoms with Gasteiger partial charge in [0.05, 0.1) is 28.5 Å². The summed E-state index contributed by atoms with van der Waals surface area (Å²) in [5, 5.41) is 12.1. The fraction of sp³-hybridized carbons (Fsp3) is 0.333. The van der Waals surface area contributed by atoms with Gasteiger partial charge in [-0.15, -0.1) is 5.10 Å². The molecule has 1 amide bonds. The van der Waals surface area contributed by atoms with Crippen molar-refractivity contribution in [3.05, 3.63) is 52.9 Å². The zero-order valence-electron chi connectivity index (χ0n) is 18.4. The molecule has 1 fully saturated rings. The van der Waals surface area contributed by atoms with E-state index in [-0.39, 0.29) is 17.1 Å². The average Bonchev–Trinajstić information content (AvgIpc) is 3.35. The molecule has 0 bridgehead atoms. The Hall–Kier alpha value is -3.06. The highest BCUT2D eigenvalue weighted by Crippen LogP contribution is 2.42. The van der Waals surface area contributed by atoms with Crippen molar-refractivity contribution in [2.24, 2.45) is 0 Å². The Kier molecular flexibility index (Phi) is 5.76. The van der Waals surface area contributed by atoms with E-state index in [4.69, 9.17) is 17.3 Å². The molecule has 4 aromatic rings. The summed E-state index contributed by atoms with van der Waals surface area (Å²) in [6.45, 7) is 2.91. The summed E-state index contributed by atoms with van der Waals surface area (Å²) in [5.41, 5.74) is 8.06. The first kappa shape index (κ1) is 22.7. The number of pyridine rings is 1. The van der Waals surface area contributed by atoms with E-state index in [1.54, 1.807) is 29.2 Å². The SMILES string of the molecule is CC(NC(=O)c1c(N)nn2cccnc12)c1cc(Cl)c2ccnn2c1N1CCCS(O)(O)CC1. The molecule has 1 aliphatic heterocycles. The molecule has 11 nitrogen and oxygen atoms in total. The zero-order chi connectivity index (χ0) is 24.0. The van der Waals surface area contributed by atoms with E-state index in [2.05, 4.69) is 25.4 Å². The van der Waals surface area contributed by atoms with E-state index in [9.17, 15) is 13.9 Å². The van der Waals surface area contributed by atoms with Gasteiger partial charge in [0.1, 0.15) is 11.4 Å². The molecular weight excluding hydrogens is 480 g/mol. The zero-order valence-corrected chi connectivity index (χ0v) is 20.0. The van der Waals surface area contributed by atoms with Crippen LogP contribution in [0.3, 0.4) is 0 Å². The molecule has 5 heterocycles. The quantitative estimate of drug-likeness (QED) is 0.331. The number of nitrogen functional groups attached to an aromatic ring is 1. The Bertz CT molecular complexity index is 1390. The van der Waals surface area contributed by atoms with Crippen LogP contribution in [-0.2, 0) is 0 Å². The Morgan fingerprint density at radius 3 is 2.94 bits per heavy atom. The van der Waals surface area contributed by atoms with Gasteiger partial charge in [-0.1, -0.05) is 11.6 Å². The number of aromatic nitrogens is 5. The average molecular weight is 505 g/mol. The summed E-state index contributed by atoms with van der Waals surface area (Å²) in [4.78, 5) is 19.5. The van der Waals surface area contributed by atoms with Gasteiger partial charge in [-0.3, -0.25) is 13.9 Å². The molecule has 5 N–H and O–H groups in total. The number of fused-ring (bicyclic) bond motifs is 2. The number of amides is 1. The van der Waals surface area contributed by atoms with E-state index < -0.39 is 22.5 Å². The van der Waals surface area contributed by atoms with Crippen molar-refractivity contribution in [1.82, 2.24) is 29.5 Å². The Labute approximate surface area is 201 Å². The van der Waals surface area contributed by atoms with Gasteiger partial charge < -0.3 is 16.0 Å². The maximum Gasteiger partial charge on any atom is 0.259 e. The van der Waals surface area contributed by atoms with Gasteiger partial charge in [0, 0.05) is 36.8 Å². The highest BCUT2D eigenvalue weighted by atomic mass is 35.5. The van der Waals surface area contributed by atoms with Crippen LogP contribution < -0.4 is 16.0 Å². The molecule has 0 radical (unpaired) electrons. The number of hydrogen-bond acceptors (Lipinski definition) is 8. The van der Waals surface area contributed by atoms with Crippen LogP contribution in [0.5, 0.6) is 0 Å². The fourth-order valence-electron chi connectivity index (χ4n) is 4.32. The van der Waals surface area contributed by atoms with Crippen LogP contribution >= 0.6 is 22.2 Å². The topological polar surface area (TPSA) is 146 Å². The number of nitrogens with zero attached hydrogens (tertiary/aromatic N) is 6. The first-order valence-corrected chi connectivity index (χ1v) is 13.1. The number of halogens is 1. The van der Waals surface area contributed by atoms with Crippen LogP contribution in [0.2, 0.25) is 5.02 Å². The summed E-state index contributed by atoms with van der Waals surface area (Å²) in [5.74, 6) is 1.05. The number of carbonyl (C=O) groups is 1. The summed E-state index contributed by atoms with van der Waals surface area (Å²) in [7, 11) is -2.61. The molecule has 0 saturated carbocycles. The second-order valence-corrected chi connectivity index (χ2v) is 11.1. The Balaban J connectivity index is 1.53. The summed E-state index contributed by atoms with van der Waals surface area (Å²) >= 11 is 6.56. The van der Waals surface area contributed by atoms with Crippen LogP contribution in [0, 0.1) is 0 Å². The van der Waals surface area contributed by atoms with Crippen molar-refractivity contribution < 1.29 is 13.9 Å². The molecule has 1 saturated heterocycles. The van der Waals surface area contributed by atoms with Crippen LogP contribution in [0.4, 0.5) is 11.6 Å². The van der Waals surface area contributed by atoms with Gasteiger partial charge in [0.25, 0.3) is 5.91 Å². The minimum atomic E-state index is -2.61. The maximum atomic E-state index is 13.2. The monoisotopic (exact) mass is 504 g/mol. The lowest BCUT2D eigenvalue weighted by Crippen LogP contribution is -2.33. The van der Waals surface area contributed by atoms with Crippen molar-refractivity contribution in [2.45, 2.75) is 19.4 Å². The minimum absolute atomic E-state index is 0.0851. The normalized spacial score (nSPS) is 18.1. The third-order valence-corrected chi connectivity index (χ3v) is 8.06. The number of anilines is 2. The molecule has 4 aromatic heterocycles. The second-order valence-electron chi connectivity index (χ2n) is 8.29. The Morgan fingerprint density at radius 1 is 1.29 bits per heavy atom. The second kappa shape index (κ2) is 8.62. The first-order valence-electron chi connectivity index (χ1n) is 10.8. The van der Waals surface area contributed by atoms with Gasteiger partial charge in [0.15, 0.2) is 11.5 Å². The van der Waals surface area contributed by atoms with Crippen LogP contribution in [0.1, 0.15) is 35.3 Å². The molecule has 0 spiro atoms. The van der Waals surface area contributed by atoms with Crippen molar-refractivity contribution in [1.29, 1.82) is 0 Å². The van der Waals surface area contributed by atoms with Gasteiger partial charge in [-0.25, -0.2) is 14.0 Å². The highest BCUT2D eigenvalue weighted by Gasteiger charge is 2.28. The molecule has 0 aliphatic carbocycles. The molecule has 1 aliphatic rings. The van der Waals surface area contributed by atoms with E-state index >= 15 is 0 Å². The third kappa shape index (κ3) is 4.02. The molecule has 13 heteroatoms. The summed E-state index contributed by atoms with van der Waals surface area (Å²) in [6.07, 6.45) is 5.53. The lowest BCUT2D eigenvalue weighted by molar-refractivity contribution is 0.0942. The maximum absolute atomic E-state index is 13.2. The number of carbonyl (C=O) groups excluding carboxylic acids is 1. The number of hydrogen-bond donors (Lipinski definition) is 4. The Morgan fingerprint density at radius 2 is 2.12 bits per heavy atom. The fourth-order valence-corrected chi connectivity index (χ4v) is 5.89. The molecule has 0 aromatic carbocycles. The van der Waals surface area contributed by atoms with E-state index in [1.165, 1.54) is 4.52 Å². The van der Waals surface area contributed by atoms with Crippen molar-refractivity contribution in [3.8, 4) is 0 Å². The molecule has 5 rings (SSSR count). The highest BCUT2D eigenvalue weighted by molar-refractivity contribution is 8.24. The van der Waals surface area contributed by atoms with E-state index in [0.29, 0.717) is 35.9 Å². The van der Waals surface area contributed by atoms with Crippen molar-refractivity contribution in [3.63, 3.8) is 0 Å². The minimum Gasteiger partial charge on any atom is -0.381 e. The molecule has 180 valence electrons. The number of nitrogens with one attached hydrogen (secondary N) is 1. The van der Waals surface area contributed by atoms with Crippen LogP contribution in [0.15, 0.2) is 36.8 Å². The van der Waals surface area contributed by atoms with Crippen molar-refractivity contribution in [2.75, 3.05) is 35.2 Å². The molecular formula is C21H25ClN8O3S. The smallest absolute Gasteiger partial charge is 0.259 e. The predicted molar refractivity (Wildman–Crippen MR) is 133 cm³/mol. The molecule has 1 atom stereocenters. The number of rotatable bonds is 4. The molecule has 1 unspecified atom stereocenters. The summed E-state index contributed by atoms with van der Waals surface area (Å²) < 4.78 is 23.7. The van der Waals surface area contributed by atoms with Gasteiger partial charge in [-0.2, -0.15) is 15.7 Å². The summed E-state index contributed by atoms with van der Waals surface area (Å²) in [6, 6.07) is 4.86. The van der Waals surface area contributed by atoms with Gasteiger partial charge in [-0.05, 0) is 31.5 Å². The van der Waals surface area contributed by atoms with Crippen LogP contribution in [0.25, 0.3) is 11.2 Å². The van der Waals surface area contributed by atoms with Crippen LogP contribution in [-0.4, -0.2) is 63.8 Å². The number of nitrogens with two attached hydrogens (primary N) is 1. The predicted octanol–water partition coefficient (Wildman–Crippen LogP) is 3.06. The molecule has 34 heavy (non-hydrogen) atoms. The third-order valence-electron chi connectivity index (χ3n) is 5.98. The lowest BCUT2D eigenvalue weighted by Gasteiger charge is -2.31. The first-order chi connectivity index (χ1) is 16.2. The van der Waals surface area contributed by atoms with Gasteiger partial charge in [0.2, 0.25) is 0 Å². The van der Waals surface area contributed by atoms with E-state index in [0.717, 1.165) is 16.9 Å². The van der Waals surface area contributed by atoms with Crippen molar-refractivity contribution >= 4 is 50.9 Å². The largest absolute Gasteiger partial charge is 0.381 e. The van der Waals surface area contributed by atoms with Gasteiger partial charge >= 0.3 is 0 Å². The standard InChI is InChI=1S/C21H25ClN8O3S/c1-13(26-20(31)17-18(23)27-29-8-2-5-24-19(17)29)14-12-15(22)16-4-6-25-30(16)21(14)28-7-3-10-34(32,33)11-9-28/h2,4-6,8,12-13,32-33H,3,7,9-11H2,1H3,(H2,23,27)(H,26,31). The lowest BCUT2D eigenvalue weighted by atomic mass is 10.1. The van der Waals surface area contributed by atoms with E-state index in [1.807, 2.05) is 19.1 Å².